The number of amides is 4. The average Bonchev–Trinajstić information content (AvgIpc) is 2.87. The Morgan fingerprint density at radius 2 is 2.08 bits per heavy atom. The number of hydrazine groups is 1. The van der Waals surface area contributed by atoms with Gasteiger partial charge in [0.2, 0.25) is 11.8 Å². The molecule has 0 bridgehead atoms. The number of carbonyl (C=O) groups excluding carboxylic acids is 4. The van der Waals surface area contributed by atoms with Crippen molar-refractivity contribution < 1.29 is 28.7 Å². The van der Waals surface area contributed by atoms with Gasteiger partial charge in [-0.05, 0) is 19.1 Å². The number of imide groups is 1. The Hall–Kier alpha value is -3.10. The number of methoxy groups -OCH3 is 1. The Balaban J connectivity index is 2.26. The molecular formula is C16H19N3O6. The number of nitrogens with zero attached hydrogens (tertiary/aromatic N) is 2. The van der Waals surface area contributed by atoms with Gasteiger partial charge in [-0.3, -0.25) is 14.4 Å². The second-order valence-electron chi connectivity index (χ2n) is 5.21. The fourth-order valence-corrected chi connectivity index (χ4v) is 2.48. The van der Waals surface area contributed by atoms with E-state index < -0.39 is 29.9 Å². The van der Waals surface area contributed by atoms with Crippen molar-refractivity contribution in [2.75, 3.05) is 18.6 Å². The van der Waals surface area contributed by atoms with E-state index in [1.54, 1.807) is 25.1 Å². The molecule has 0 saturated carbocycles. The molecule has 9 nitrogen and oxygen atoms in total. The summed E-state index contributed by atoms with van der Waals surface area (Å²) in [6, 6.07) is 5.30. The first-order valence-electron chi connectivity index (χ1n) is 7.63. The van der Waals surface area contributed by atoms with Crippen LogP contribution in [0, 0.1) is 0 Å². The molecule has 0 aromatic heterocycles. The Morgan fingerprint density at radius 1 is 1.36 bits per heavy atom. The van der Waals surface area contributed by atoms with Gasteiger partial charge in [0.15, 0.2) is 0 Å². The van der Waals surface area contributed by atoms with Crippen molar-refractivity contribution in [1.82, 2.24) is 10.4 Å². The van der Waals surface area contributed by atoms with Crippen LogP contribution in [-0.4, -0.2) is 48.6 Å². The van der Waals surface area contributed by atoms with E-state index in [0.717, 1.165) is 9.91 Å². The zero-order chi connectivity index (χ0) is 18.6. The molecule has 0 unspecified atom stereocenters. The van der Waals surface area contributed by atoms with Crippen LogP contribution in [0.3, 0.4) is 0 Å². The minimum absolute atomic E-state index is 0.102. The number of rotatable bonds is 4. The van der Waals surface area contributed by atoms with Crippen molar-refractivity contribution >= 4 is 29.5 Å². The van der Waals surface area contributed by atoms with Gasteiger partial charge < -0.3 is 9.47 Å². The van der Waals surface area contributed by atoms with Crippen molar-refractivity contribution in [2.24, 2.45) is 0 Å². The third-order valence-electron chi connectivity index (χ3n) is 3.57. The van der Waals surface area contributed by atoms with Gasteiger partial charge in [-0.25, -0.2) is 20.1 Å². The zero-order valence-electron chi connectivity index (χ0n) is 14.1. The largest absolute Gasteiger partial charge is 0.497 e. The van der Waals surface area contributed by atoms with Crippen LogP contribution in [0.15, 0.2) is 24.3 Å². The van der Waals surface area contributed by atoms with E-state index in [9.17, 15) is 19.2 Å². The maximum atomic E-state index is 12.7. The van der Waals surface area contributed by atoms with Gasteiger partial charge in [-0.1, -0.05) is 6.07 Å². The van der Waals surface area contributed by atoms with Crippen LogP contribution in [0.5, 0.6) is 5.75 Å². The van der Waals surface area contributed by atoms with Crippen LogP contribution < -0.4 is 15.1 Å². The van der Waals surface area contributed by atoms with Gasteiger partial charge in [-0.2, -0.15) is 0 Å². The second-order valence-corrected chi connectivity index (χ2v) is 5.21. The highest BCUT2D eigenvalue weighted by molar-refractivity contribution is 6.23. The third kappa shape index (κ3) is 3.87. The van der Waals surface area contributed by atoms with Gasteiger partial charge in [0.25, 0.3) is 5.91 Å². The molecule has 0 aliphatic carbocycles. The van der Waals surface area contributed by atoms with Gasteiger partial charge in [0.05, 0.1) is 25.8 Å². The third-order valence-corrected chi connectivity index (χ3v) is 3.57. The molecular weight excluding hydrogens is 330 g/mol. The minimum atomic E-state index is -1.14. The predicted octanol–water partition coefficient (Wildman–Crippen LogP) is 0.837. The maximum absolute atomic E-state index is 12.7. The van der Waals surface area contributed by atoms with Crippen LogP contribution in [0.2, 0.25) is 0 Å². The summed E-state index contributed by atoms with van der Waals surface area (Å²) < 4.78 is 9.81. The molecule has 1 heterocycles. The molecule has 25 heavy (non-hydrogen) atoms. The number of benzene rings is 1. The van der Waals surface area contributed by atoms with Gasteiger partial charge in [0, 0.05) is 13.0 Å². The Kier molecular flexibility index (Phi) is 5.58. The number of hydrogen-bond acceptors (Lipinski definition) is 6. The summed E-state index contributed by atoms with van der Waals surface area (Å²) in [4.78, 5) is 49.4. The fourth-order valence-electron chi connectivity index (χ4n) is 2.48. The molecule has 1 saturated heterocycles. The first-order valence-corrected chi connectivity index (χ1v) is 7.63. The smallest absolute Gasteiger partial charge is 0.426 e. The van der Waals surface area contributed by atoms with E-state index in [1.165, 1.54) is 20.1 Å². The molecule has 134 valence electrons. The van der Waals surface area contributed by atoms with Crippen molar-refractivity contribution in [2.45, 2.75) is 26.3 Å². The van der Waals surface area contributed by atoms with E-state index >= 15 is 0 Å². The first-order chi connectivity index (χ1) is 11.9. The Bertz CT molecular complexity index is 705. The Labute approximate surface area is 144 Å². The highest BCUT2D eigenvalue weighted by Crippen LogP contribution is 2.28. The molecule has 1 fully saturated rings. The normalized spacial score (nSPS) is 16.6. The fraction of sp³-hybridized carbons (Fsp3) is 0.375. The number of nitrogens with one attached hydrogen (secondary N) is 1. The highest BCUT2D eigenvalue weighted by atomic mass is 16.6. The summed E-state index contributed by atoms with van der Waals surface area (Å²) in [7, 11) is 1.47. The van der Waals surface area contributed by atoms with Crippen LogP contribution in [0.25, 0.3) is 0 Å². The number of carbonyl (C=O) groups is 4. The lowest BCUT2D eigenvalue weighted by Gasteiger charge is -2.26. The molecule has 1 aromatic carbocycles. The summed E-state index contributed by atoms with van der Waals surface area (Å²) in [5.41, 5.74) is 2.53. The van der Waals surface area contributed by atoms with Gasteiger partial charge in [-0.15, -0.1) is 0 Å². The average molecular weight is 349 g/mol. The molecule has 9 heteroatoms. The molecule has 0 radical (unpaired) electrons. The standard InChI is InChI=1S/C16H19N3O6/c1-4-25-16(23)17-19(10(2)20)13-9-14(21)18(15(13)22)11-6-5-7-12(8-11)24-3/h5-8,13H,4,9H2,1-3H3,(H,17,23)/t13-/m0/s1. The number of anilines is 1. The van der Waals surface area contributed by atoms with E-state index in [-0.39, 0.29) is 13.0 Å². The van der Waals surface area contributed by atoms with Crippen LogP contribution in [0.1, 0.15) is 20.3 Å². The lowest BCUT2D eigenvalue weighted by Crippen LogP contribution is -2.54. The Morgan fingerprint density at radius 3 is 2.68 bits per heavy atom. The first kappa shape index (κ1) is 18.2. The summed E-state index contributed by atoms with van der Waals surface area (Å²) in [6.07, 6.45) is -1.13. The van der Waals surface area contributed by atoms with Crippen LogP contribution in [0.4, 0.5) is 10.5 Å². The molecule has 1 aliphatic heterocycles. The van der Waals surface area contributed by atoms with Gasteiger partial charge in [0.1, 0.15) is 11.8 Å². The summed E-state index contributed by atoms with van der Waals surface area (Å²) in [5, 5.41) is 0.818. The number of hydrogen-bond donors (Lipinski definition) is 1. The molecule has 0 spiro atoms. The monoisotopic (exact) mass is 349 g/mol. The van der Waals surface area contributed by atoms with Crippen molar-refractivity contribution in [3.05, 3.63) is 24.3 Å². The van der Waals surface area contributed by atoms with E-state index in [2.05, 4.69) is 5.43 Å². The second kappa shape index (κ2) is 7.65. The van der Waals surface area contributed by atoms with Crippen molar-refractivity contribution in [1.29, 1.82) is 0 Å². The summed E-state index contributed by atoms with van der Waals surface area (Å²) in [5.74, 6) is -1.22. The van der Waals surface area contributed by atoms with Crippen molar-refractivity contribution in [3.8, 4) is 5.75 Å². The summed E-state index contributed by atoms with van der Waals surface area (Å²) >= 11 is 0. The van der Waals surface area contributed by atoms with Gasteiger partial charge >= 0.3 is 6.09 Å². The highest BCUT2D eigenvalue weighted by Gasteiger charge is 2.44. The molecule has 4 amide bonds. The lowest BCUT2D eigenvalue weighted by molar-refractivity contribution is -0.139. The molecule has 1 N–H and O–H groups in total. The molecule has 1 aliphatic rings. The topological polar surface area (TPSA) is 105 Å². The van der Waals surface area contributed by atoms with Crippen LogP contribution in [-0.2, 0) is 19.1 Å². The van der Waals surface area contributed by atoms with Crippen molar-refractivity contribution in [3.63, 3.8) is 0 Å². The lowest BCUT2D eigenvalue weighted by atomic mass is 10.2. The molecule has 1 aromatic rings. The maximum Gasteiger partial charge on any atom is 0.426 e. The molecule has 2 rings (SSSR count). The van der Waals surface area contributed by atoms with E-state index in [0.29, 0.717) is 11.4 Å². The molecule has 1 atom stereocenters. The zero-order valence-corrected chi connectivity index (χ0v) is 14.1. The van der Waals surface area contributed by atoms with Crippen LogP contribution >= 0.6 is 0 Å². The predicted molar refractivity (Wildman–Crippen MR) is 86.6 cm³/mol. The SMILES string of the molecule is CCOC(=O)NN(C(C)=O)[C@H]1CC(=O)N(c2cccc(OC)c2)C1=O. The van der Waals surface area contributed by atoms with E-state index in [4.69, 9.17) is 9.47 Å². The summed E-state index contributed by atoms with van der Waals surface area (Å²) in [6.45, 7) is 2.88. The minimum Gasteiger partial charge on any atom is -0.497 e. The van der Waals surface area contributed by atoms with E-state index in [1.807, 2.05) is 0 Å². The number of ether oxygens (including phenoxy) is 2. The quantitative estimate of drug-likeness (QED) is 0.638.